The number of hydrogen-bond acceptors (Lipinski definition) is 2. The van der Waals surface area contributed by atoms with Crippen molar-refractivity contribution in [1.29, 1.82) is 0 Å². The minimum atomic E-state index is 0.167. The van der Waals surface area contributed by atoms with Gasteiger partial charge in [0.15, 0.2) is 5.78 Å². The lowest BCUT2D eigenvalue weighted by molar-refractivity contribution is 0.0885. The van der Waals surface area contributed by atoms with E-state index in [4.69, 9.17) is 0 Å². The maximum absolute atomic E-state index is 12.6. The van der Waals surface area contributed by atoms with Crippen molar-refractivity contribution >= 4 is 5.78 Å². The summed E-state index contributed by atoms with van der Waals surface area (Å²) in [7, 11) is 0. The van der Waals surface area contributed by atoms with Crippen LogP contribution in [-0.4, -0.2) is 30.3 Å². The van der Waals surface area contributed by atoms with Crippen LogP contribution in [-0.2, 0) is 0 Å². The van der Waals surface area contributed by atoms with Crippen LogP contribution in [0.3, 0.4) is 0 Å². The zero-order valence-electron chi connectivity index (χ0n) is 12.5. The summed E-state index contributed by atoms with van der Waals surface area (Å²) in [5.41, 5.74) is 2.31. The van der Waals surface area contributed by atoms with Crippen LogP contribution in [0.15, 0.2) is 24.3 Å². The van der Waals surface area contributed by atoms with E-state index in [0.717, 1.165) is 24.4 Å². The van der Waals surface area contributed by atoms with Crippen LogP contribution < -0.4 is 0 Å². The molecule has 3 rings (SSSR count). The highest BCUT2D eigenvalue weighted by Gasteiger charge is 2.25. The number of benzene rings is 1. The summed E-state index contributed by atoms with van der Waals surface area (Å²) in [6.07, 6.45) is 6.17. The summed E-state index contributed by atoms with van der Waals surface area (Å²) in [4.78, 5) is 15.1. The molecule has 20 heavy (non-hydrogen) atoms. The molecule has 1 unspecified atom stereocenters. The normalized spacial score (nSPS) is 21.1. The predicted molar refractivity (Wildman–Crippen MR) is 82.2 cm³/mol. The van der Waals surface area contributed by atoms with Gasteiger partial charge in [-0.05, 0) is 56.7 Å². The zero-order chi connectivity index (χ0) is 13.9. The minimum Gasteiger partial charge on any atom is -0.303 e. The Kier molecular flexibility index (Phi) is 4.21. The topological polar surface area (TPSA) is 20.3 Å². The number of hydrogen-bond donors (Lipinski definition) is 0. The highest BCUT2D eigenvalue weighted by Crippen LogP contribution is 2.40. The number of rotatable bonds is 6. The Morgan fingerprint density at radius 3 is 2.40 bits per heavy atom. The van der Waals surface area contributed by atoms with E-state index in [1.807, 2.05) is 12.1 Å². The van der Waals surface area contributed by atoms with Crippen molar-refractivity contribution in [3.8, 4) is 0 Å². The van der Waals surface area contributed by atoms with Crippen LogP contribution >= 0.6 is 0 Å². The molecule has 0 amide bonds. The molecule has 0 radical (unpaired) electrons. The Morgan fingerprint density at radius 2 is 1.85 bits per heavy atom. The number of Topliss-reactive ketones (excluding diaryl/α,β-unsaturated/α-hetero) is 1. The van der Waals surface area contributed by atoms with Crippen molar-refractivity contribution in [2.75, 3.05) is 19.6 Å². The maximum Gasteiger partial charge on any atom is 0.167 e. The summed E-state index contributed by atoms with van der Waals surface area (Å²) in [5, 5.41) is 0. The van der Waals surface area contributed by atoms with Crippen LogP contribution in [0.2, 0.25) is 0 Å². The first-order chi connectivity index (χ1) is 9.78. The van der Waals surface area contributed by atoms with E-state index >= 15 is 0 Å². The second kappa shape index (κ2) is 6.09. The van der Waals surface area contributed by atoms with Crippen molar-refractivity contribution in [3.05, 3.63) is 35.4 Å². The molecule has 2 nitrogen and oxygen atoms in total. The fraction of sp³-hybridized carbons (Fsp3) is 0.611. The van der Waals surface area contributed by atoms with E-state index in [2.05, 4.69) is 24.0 Å². The highest BCUT2D eigenvalue weighted by atomic mass is 16.1. The molecule has 1 aromatic rings. The summed E-state index contributed by atoms with van der Waals surface area (Å²) >= 11 is 0. The Morgan fingerprint density at radius 1 is 1.20 bits per heavy atom. The molecule has 0 spiro atoms. The first-order valence-electron chi connectivity index (χ1n) is 8.14. The molecule has 2 fully saturated rings. The van der Waals surface area contributed by atoms with Gasteiger partial charge >= 0.3 is 0 Å². The van der Waals surface area contributed by atoms with Gasteiger partial charge in [0.1, 0.15) is 0 Å². The molecule has 2 aliphatic rings. The van der Waals surface area contributed by atoms with Crippen molar-refractivity contribution in [1.82, 2.24) is 4.90 Å². The number of ketones is 1. The van der Waals surface area contributed by atoms with Gasteiger partial charge in [-0.25, -0.2) is 0 Å². The van der Waals surface area contributed by atoms with E-state index < -0.39 is 0 Å². The smallest absolute Gasteiger partial charge is 0.167 e. The minimum absolute atomic E-state index is 0.167. The number of nitrogens with zero attached hydrogens (tertiary/aromatic N) is 1. The highest BCUT2D eigenvalue weighted by molar-refractivity contribution is 5.98. The van der Waals surface area contributed by atoms with E-state index in [1.54, 1.807) is 0 Å². The second-order valence-electron chi connectivity index (χ2n) is 6.37. The van der Waals surface area contributed by atoms with Crippen LogP contribution in [0.1, 0.15) is 60.9 Å². The number of likely N-dealkylation sites (tertiary alicyclic amines) is 1. The lowest BCUT2D eigenvalue weighted by Crippen LogP contribution is -2.31. The molecule has 1 heterocycles. The van der Waals surface area contributed by atoms with Gasteiger partial charge < -0.3 is 4.90 Å². The van der Waals surface area contributed by atoms with Gasteiger partial charge in [0.05, 0.1) is 0 Å². The Hall–Kier alpha value is -1.15. The second-order valence-corrected chi connectivity index (χ2v) is 6.37. The quantitative estimate of drug-likeness (QED) is 0.732. The largest absolute Gasteiger partial charge is 0.303 e. The monoisotopic (exact) mass is 271 g/mol. The summed E-state index contributed by atoms with van der Waals surface area (Å²) in [6, 6.07) is 8.41. The summed E-state index contributed by atoms with van der Waals surface area (Å²) < 4.78 is 0. The van der Waals surface area contributed by atoms with Crippen LogP contribution in [0.4, 0.5) is 0 Å². The van der Waals surface area contributed by atoms with Gasteiger partial charge in [0.25, 0.3) is 0 Å². The molecule has 1 aliphatic heterocycles. The lowest BCUT2D eigenvalue weighted by atomic mass is 9.93. The van der Waals surface area contributed by atoms with E-state index in [0.29, 0.717) is 5.78 Å². The van der Waals surface area contributed by atoms with Crippen molar-refractivity contribution in [3.63, 3.8) is 0 Å². The molecule has 1 saturated carbocycles. The maximum atomic E-state index is 12.6. The van der Waals surface area contributed by atoms with Gasteiger partial charge in [-0.2, -0.15) is 0 Å². The summed E-state index contributed by atoms with van der Waals surface area (Å²) in [5.74, 6) is 1.27. The average molecular weight is 271 g/mol. The number of carbonyl (C=O) groups is 1. The van der Waals surface area contributed by atoms with Crippen LogP contribution in [0.5, 0.6) is 0 Å². The van der Waals surface area contributed by atoms with Gasteiger partial charge in [0, 0.05) is 18.0 Å². The standard InChI is InChI=1S/C18H25NO/c1-2-14(13-19-11-3-4-12-19)18(20)17-9-7-16(8-10-17)15-5-6-15/h7-10,14-15H,2-6,11-13H2,1H3. The van der Waals surface area contributed by atoms with Crippen LogP contribution in [0.25, 0.3) is 0 Å². The fourth-order valence-electron chi connectivity index (χ4n) is 3.25. The van der Waals surface area contributed by atoms with Gasteiger partial charge in [-0.3, -0.25) is 4.79 Å². The molecular weight excluding hydrogens is 246 g/mol. The van der Waals surface area contributed by atoms with Gasteiger partial charge in [-0.15, -0.1) is 0 Å². The third kappa shape index (κ3) is 3.12. The van der Waals surface area contributed by atoms with E-state index in [1.165, 1.54) is 44.3 Å². The Labute approximate surface area is 122 Å². The third-order valence-corrected chi connectivity index (χ3v) is 4.78. The first-order valence-corrected chi connectivity index (χ1v) is 8.14. The molecule has 1 saturated heterocycles. The Bertz CT molecular complexity index is 455. The number of carbonyl (C=O) groups excluding carboxylic acids is 1. The van der Waals surface area contributed by atoms with Crippen molar-refractivity contribution < 1.29 is 4.79 Å². The van der Waals surface area contributed by atoms with Crippen molar-refractivity contribution in [2.24, 2.45) is 5.92 Å². The molecule has 1 atom stereocenters. The SMILES string of the molecule is CCC(CN1CCCC1)C(=O)c1ccc(C2CC2)cc1. The molecule has 0 bridgehead atoms. The molecule has 108 valence electrons. The third-order valence-electron chi connectivity index (χ3n) is 4.78. The summed E-state index contributed by atoms with van der Waals surface area (Å²) in [6.45, 7) is 5.42. The zero-order valence-corrected chi connectivity index (χ0v) is 12.5. The molecule has 2 heteroatoms. The van der Waals surface area contributed by atoms with E-state index in [9.17, 15) is 4.79 Å². The predicted octanol–water partition coefficient (Wildman–Crippen LogP) is 3.87. The van der Waals surface area contributed by atoms with Crippen LogP contribution in [0, 0.1) is 5.92 Å². The molecule has 1 aliphatic carbocycles. The first kappa shape index (κ1) is 13.8. The Balaban J connectivity index is 1.65. The van der Waals surface area contributed by atoms with Crippen molar-refractivity contribution in [2.45, 2.75) is 44.9 Å². The van der Waals surface area contributed by atoms with Gasteiger partial charge in [-0.1, -0.05) is 31.2 Å². The molecule has 1 aromatic carbocycles. The molecule has 0 aromatic heterocycles. The molecular formula is C18H25NO. The molecule has 0 N–H and O–H groups in total. The average Bonchev–Trinajstić information content (AvgIpc) is 3.22. The lowest BCUT2D eigenvalue weighted by Gasteiger charge is -2.21. The van der Waals surface area contributed by atoms with E-state index in [-0.39, 0.29) is 5.92 Å². The van der Waals surface area contributed by atoms with Gasteiger partial charge in [0.2, 0.25) is 0 Å². The fourth-order valence-corrected chi connectivity index (χ4v) is 3.25.